The summed E-state index contributed by atoms with van der Waals surface area (Å²) in [5.74, 6) is 1.60. The van der Waals surface area contributed by atoms with Crippen molar-refractivity contribution in [3.63, 3.8) is 0 Å². The maximum atomic E-state index is 13.7. The Morgan fingerprint density at radius 2 is 1.94 bits per heavy atom. The monoisotopic (exact) mass is 261 g/mol. The van der Waals surface area contributed by atoms with Crippen molar-refractivity contribution < 1.29 is 4.39 Å². The van der Waals surface area contributed by atoms with E-state index in [4.69, 9.17) is 0 Å². The Labute approximate surface area is 110 Å². The van der Waals surface area contributed by atoms with Crippen molar-refractivity contribution in [3.05, 3.63) is 29.4 Å². The first-order valence-corrected chi connectivity index (χ1v) is 7.61. The lowest BCUT2D eigenvalue weighted by atomic mass is 10.0. The van der Waals surface area contributed by atoms with Crippen LogP contribution in [0.1, 0.15) is 19.3 Å². The highest BCUT2D eigenvalue weighted by molar-refractivity contribution is 7.17. The van der Waals surface area contributed by atoms with Crippen LogP contribution >= 0.6 is 11.3 Å². The molecule has 0 radical (unpaired) electrons. The number of nitrogens with zero attached hydrogens (tertiary/aromatic N) is 1. The van der Waals surface area contributed by atoms with Gasteiger partial charge in [0.25, 0.3) is 0 Å². The highest BCUT2D eigenvalue weighted by Crippen LogP contribution is 2.42. The molecule has 1 aromatic carbocycles. The largest absolute Gasteiger partial charge is 0.370 e. The van der Waals surface area contributed by atoms with Crippen LogP contribution in [0.3, 0.4) is 0 Å². The van der Waals surface area contributed by atoms with Gasteiger partial charge in [-0.05, 0) is 48.3 Å². The molecular formula is C15H16FNS. The van der Waals surface area contributed by atoms with Gasteiger partial charge in [-0.25, -0.2) is 4.39 Å². The molecule has 2 aliphatic rings. The van der Waals surface area contributed by atoms with Gasteiger partial charge < -0.3 is 4.90 Å². The van der Waals surface area contributed by atoms with Gasteiger partial charge in [-0.15, -0.1) is 11.3 Å². The van der Waals surface area contributed by atoms with E-state index >= 15 is 0 Å². The second kappa shape index (κ2) is 3.95. The Bertz CT molecular complexity index is 579. The maximum Gasteiger partial charge on any atom is 0.126 e. The zero-order valence-corrected chi connectivity index (χ0v) is 11.0. The molecule has 2 fully saturated rings. The predicted octanol–water partition coefficient (Wildman–Crippen LogP) is 4.28. The van der Waals surface area contributed by atoms with Crippen LogP contribution in [0.5, 0.6) is 0 Å². The van der Waals surface area contributed by atoms with Gasteiger partial charge in [0, 0.05) is 28.9 Å². The third-order valence-corrected chi connectivity index (χ3v) is 5.45. The number of thiophene rings is 1. The number of fused-ring (bicyclic) bond motifs is 2. The SMILES string of the molecule is Fc1cc(N2CC3CCCC3C2)c2ccsc2c1. The lowest BCUT2D eigenvalue weighted by Gasteiger charge is -2.20. The van der Waals surface area contributed by atoms with E-state index in [1.165, 1.54) is 24.6 Å². The first kappa shape index (κ1) is 10.8. The fraction of sp³-hybridized carbons (Fsp3) is 0.467. The lowest BCUT2D eigenvalue weighted by Crippen LogP contribution is -2.20. The minimum absolute atomic E-state index is 0.1000. The molecule has 1 aliphatic carbocycles. The normalized spacial score (nSPS) is 27.1. The predicted molar refractivity (Wildman–Crippen MR) is 74.8 cm³/mol. The molecule has 1 saturated carbocycles. The highest BCUT2D eigenvalue weighted by Gasteiger charge is 2.36. The minimum Gasteiger partial charge on any atom is -0.370 e. The summed E-state index contributed by atoms with van der Waals surface area (Å²) in [6.45, 7) is 2.25. The molecule has 4 rings (SSSR count). The molecule has 2 heterocycles. The van der Waals surface area contributed by atoms with Gasteiger partial charge in [0.1, 0.15) is 5.82 Å². The van der Waals surface area contributed by atoms with Crippen molar-refractivity contribution in [2.45, 2.75) is 19.3 Å². The van der Waals surface area contributed by atoms with E-state index in [2.05, 4.69) is 16.3 Å². The van der Waals surface area contributed by atoms with E-state index in [0.717, 1.165) is 35.3 Å². The molecule has 2 aromatic rings. The molecular weight excluding hydrogens is 245 g/mol. The Balaban J connectivity index is 1.76. The van der Waals surface area contributed by atoms with Crippen molar-refractivity contribution >= 4 is 27.1 Å². The van der Waals surface area contributed by atoms with Crippen LogP contribution < -0.4 is 4.90 Å². The van der Waals surface area contributed by atoms with Gasteiger partial charge in [0.15, 0.2) is 0 Å². The average molecular weight is 261 g/mol. The summed E-state index contributed by atoms with van der Waals surface area (Å²) in [7, 11) is 0. The van der Waals surface area contributed by atoms with Crippen LogP contribution in [0.4, 0.5) is 10.1 Å². The van der Waals surface area contributed by atoms with Crippen molar-refractivity contribution in [2.75, 3.05) is 18.0 Å². The quantitative estimate of drug-likeness (QED) is 0.740. The Hall–Kier alpha value is -1.09. The molecule has 1 nitrogen and oxygen atoms in total. The Kier molecular flexibility index (Phi) is 2.37. The molecule has 94 valence electrons. The number of halogens is 1. The molecule has 18 heavy (non-hydrogen) atoms. The molecule has 2 unspecified atom stereocenters. The average Bonchev–Trinajstić information content (AvgIpc) is 3.01. The van der Waals surface area contributed by atoms with Crippen molar-refractivity contribution in [3.8, 4) is 0 Å². The van der Waals surface area contributed by atoms with Gasteiger partial charge in [-0.1, -0.05) is 6.42 Å². The molecule has 0 amide bonds. The van der Waals surface area contributed by atoms with Crippen LogP contribution in [0.2, 0.25) is 0 Å². The van der Waals surface area contributed by atoms with Gasteiger partial charge in [-0.3, -0.25) is 0 Å². The van der Waals surface area contributed by atoms with Gasteiger partial charge in [0.2, 0.25) is 0 Å². The highest BCUT2D eigenvalue weighted by atomic mass is 32.1. The molecule has 1 aliphatic heterocycles. The summed E-state index contributed by atoms with van der Waals surface area (Å²) in [5.41, 5.74) is 1.11. The number of anilines is 1. The van der Waals surface area contributed by atoms with Gasteiger partial charge in [-0.2, -0.15) is 0 Å². The van der Waals surface area contributed by atoms with Gasteiger partial charge >= 0.3 is 0 Å². The van der Waals surface area contributed by atoms with E-state index in [9.17, 15) is 4.39 Å². The van der Waals surface area contributed by atoms with Crippen LogP contribution in [-0.4, -0.2) is 13.1 Å². The molecule has 2 atom stereocenters. The molecule has 3 heteroatoms. The minimum atomic E-state index is -0.1000. The topological polar surface area (TPSA) is 3.24 Å². The number of rotatable bonds is 1. The first-order valence-electron chi connectivity index (χ1n) is 6.73. The summed E-state index contributed by atoms with van der Waals surface area (Å²) < 4.78 is 14.8. The zero-order chi connectivity index (χ0) is 12.1. The van der Waals surface area contributed by atoms with Crippen LogP contribution in [-0.2, 0) is 0 Å². The van der Waals surface area contributed by atoms with Crippen LogP contribution in [0, 0.1) is 17.7 Å². The van der Waals surface area contributed by atoms with Crippen LogP contribution in [0.25, 0.3) is 10.1 Å². The summed E-state index contributed by atoms with van der Waals surface area (Å²) >= 11 is 1.63. The fourth-order valence-corrected chi connectivity index (χ4v) is 4.54. The van der Waals surface area contributed by atoms with Gasteiger partial charge in [0.05, 0.1) is 0 Å². The molecule has 1 saturated heterocycles. The summed E-state index contributed by atoms with van der Waals surface area (Å²) in [6.07, 6.45) is 4.12. The fourth-order valence-electron chi connectivity index (χ4n) is 3.71. The first-order chi connectivity index (χ1) is 8.81. The molecule has 0 N–H and O–H groups in total. The van der Waals surface area contributed by atoms with E-state index in [1.807, 2.05) is 0 Å². The number of benzene rings is 1. The molecule has 0 spiro atoms. The second-order valence-electron chi connectivity index (χ2n) is 5.61. The maximum absolute atomic E-state index is 13.7. The van der Waals surface area contributed by atoms with E-state index in [-0.39, 0.29) is 5.82 Å². The molecule has 0 bridgehead atoms. The zero-order valence-electron chi connectivity index (χ0n) is 10.2. The molecule has 1 aromatic heterocycles. The lowest BCUT2D eigenvalue weighted by molar-refractivity contribution is 0.494. The number of hydrogen-bond acceptors (Lipinski definition) is 2. The Morgan fingerprint density at radius 3 is 2.72 bits per heavy atom. The smallest absolute Gasteiger partial charge is 0.126 e. The van der Waals surface area contributed by atoms with Crippen molar-refractivity contribution in [1.29, 1.82) is 0 Å². The summed E-state index contributed by atoms with van der Waals surface area (Å²) in [6, 6.07) is 5.50. The third kappa shape index (κ3) is 1.57. The summed E-state index contributed by atoms with van der Waals surface area (Å²) in [5, 5.41) is 3.28. The van der Waals surface area contributed by atoms with Crippen LogP contribution in [0.15, 0.2) is 23.6 Å². The standard InChI is InChI=1S/C15H16FNS/c16-12-6-14(13-4-5-18-15(13)7-12)17-8-10-2-1-3-11(10)9-17/h4-7,10-11H,1-3,8-9H2. The van der Waals surface area contributed by atoms with Crippen molar-refractivity contribution in [1.82, 2.24) is 0 Å². The third-order valence-electron chi connectivity index (χ3n) is 4.58. The second-order valence-corrected chi connectivity index (χ2v) is 6.56. The Morgan fingerprint density at radius 1 is 1.17 bits per heavy atom. The van der Waals surface area contributed by atoms with E-state index in [0.29, 0.717) is 0 Å². The van der Waals surface area contributed by atoms with E-state index in [1.54, 1.807) is 23.5 Å². The van der Waals surface area contributed by atoms with E-state index < -0.39 is 0 Å². The summed E-state index contributed by atoms with van der Waals surface area (Å²) in [4.78, 5) is 2.41. The van der Waals surface area contributed by atoms with Crippen molar-refractivity contribution in [2.24, 2.45) is 11.8 Å². The number of hydrogen-bond donors (Lipinski definition) is 0.